The Hall–Kier alpha value is -2.49. The quantitative estimate of drug-likeness (QED) is 0.746. The van der Waals surface area contributed by atoms with Crippen molar-refractivity contribution in [3.8, 4) is 0 Å². The van der Waals surface area contributed by atoms with Crippen molar-refractivity contribution in [2.24, 2.45) is 5.92 Å². The smallest absolute Gasteiger partial charge is 0.239 e. The van der Waals surface area contributed by atoms with Crippen molar-refractivity contribution >= 4 is 17.3 Å². The summed E-state index contributed by atoms with van der Waals surface area (Å²) in [7, 11) is 0. The lowest BCUT2D eigenvalue weighted by Gasteiger charge is -2.39. The second-order valence-electron chi connectivity index (χ2n) is 9.43. The average Bonchev–Trinajstić information content (AvgIpc) is 3.48. The number of nitrogens with zero attached hydrogens (tertiary/aromatic N) is 2. The summed E-state index contributed by atoms with van der Waals surface area (Å²) >= 11 is 0. The van der Waals surface area contributed by atoms with Gasteiger partial charge >= 0.3 is 0 Å². The van der Waals surface area contributed by atoms with Gasteiger partial charge in [0.15, 0.2) is 0 Å². The van der Waals surface area contributed by atoms with Crippen LogP contribution in [0.25, 0.3) is 0 Å². The van der Waals surface area contributed by atoms with Crippen LogP contribution in [0.2, 0.25) is 0 Å². The highest BCUT2D eigenvalue weighted by atomic mass is 16.2. The number of nitrogens with one attached hydrogen (secondary N) is 1. The SMILES string of the molecule is O=C(CN1CCN(CC2CC2)c2ccccc21)NCC1(c2ccccc2)CCCC1. The number of hydrogen-bond acceptors (Lipinski definition) is 3. The molecule has 2 fully saturated rings. The Morgan fingerprint density at radius 2 is 1.53 bits per heavy atom. The molecule has 30 heavy (non-hydrogen) atoms. The summed E-state index contributed by atoms with van der Waals surface area (Å²) in [5.41, 5.74) is 3.98. The first-order chi connectivity index (χ1) is 14.7. The van der Waals surface area contributed by atoms with Gasteiger partial charge in [-0.15, -0.1) is 0 Å². The average molecular weight is 404 g/mol. The fraction of sp³-hybridized carbons (Fsp3) is 0.500. The highest BCUT2D eigenvalue weighted by molar-refractivity contribution is 5.84. The Morgan fingerprint density at radius 1 is 0.900 bits per heavy atom. The lowest BCUT2D eigenvalue weighted by molar-refractivity contribution is -0.120. The van der Waals surface area contributed by atoms with Gasteiger partial charge in [-0.25, -0.2) is 0 Å². The maximum Gasteiger partial charge on any atom is 0.239 e. The van der Waals surface area contributed by atoms with Crippen LogP contribution in [0.5, 0.6) is 0 Å². The summed E-state index contributed by atoms with van der Waals surface area (Å²) in [5.74, 6) is 1.01. The lowest BCUT2D eigenvalue weighted by Crippen LogP contribution is -2.48. The standard InChI is InChI=1S/C26H33N3O/c30-25(27-20-26(14-6-7-15-26)22-8-2-1-3-9-22)19-29-17-16-28(18-21-12-13-21)23-10-4-5-11-24(23)29/h1-5,8-11,21H,6-7,12-20H2,(H,27,30). The molecule has 0 atom stereocenters. The Labute approximate surface area is 180 Å². The second kappa shape index (κ2) is 8.33. The third kappa shape index (κ3) is 4.05. The Bertz CT molecular complexity index is 871. The molecule has 3 aliphatic rings. The van der Waals surface area contributed by atoms with Crippen molar-refractivity contribution in [2.45, 2.75) is 43.9 Å². The van der Waals surface area contributed by atoms with Crippen LogP contribution in [0.1, 0.15) is 44.1 Å². The van der Waals surface area contributed by atoms with Gasteiger partial charge < -0.3 is 15.1 Å². The molecule has 1 N–H and O–H groups in total. The largest absolute Gasteiger partial charge is 0.368 e. The Kier molecular flexibility index (Phi) is 5.41. The zero-order chi connectivity index (χ0) is 20.4. The molecule has 1 heterocycles. The predicted molar refractivity (Wildman–Crippen MR) is 123 cm³/mol. The number of hydrogen-bond donors (Lipinski definition) is 1. The minimum absolute atomic E-state index is 0.109. The van der Waals surface area contributed by atoms with E-state index in [9.17, 15) is 4.79 Å². The van der Waals surface area contributed by atoms with Crippen molar-refractivity contribution in [1.82, 2.24) is 5.32 Å². The van der Waals surface area contributed by atoms with E-state index in [4.69, 9.17) is 0 Å². The molecule has 4 nitrogen and oxygen atoms in total. The van der Waals surface area contributed by atoms with Crippen molar-refractivity contribution in [2.75, 3.05) is 42.5 Å². The van der Waals surface area contributed by atoms with Gasteiger partial charge in [0.2, 0.25) is 5.91 Å². The number of amides is 1. The summed E-state index contributed by atoms with van der Waals surface area (Å²) in [6.45, 7) is 4.28. The van der Waals surface area contributed by atoms with E-state index in [2.05, 4.69) is 69.7 Å². The van der Waals surface area contributed by atoms with Crippen LogP contribution in [-0.2, 0) is 10.2 Å². The van der Waals surface area contributed by atoms with Gasteiger partial charge in [0.1, 0.15) is 0 Å². The number of carbonyl (C=O) groups excluding carboxylic acids is 1. The maximum atomic E-state index is 13.0. The topological polar surface area (TPSA) is 35.6 Å². The summed E-state index contributed by atoms with van der Waals surface area (Å²) in [6, 6.07) is 19.4. The Balaban J connectivity index is 1.24. The molecule has 0 bridgehead atoms. The molecule has 2 saturated carbocycles. The summed E-state index contributed by atoms with van der Waals surface area (Å²) in [5, 5.41) is 3.30. The third-order valence-electron chi connectivity index (χ3n) is 7.28. The van der Waals surface area contributed by atoms with Crippen LogP contribution in [0.15, 0.2) is 54.6 Å². The predicted octanol–water partition coefficient (Wildman–Crippen LogP) is 4.35. The first kappa shape index (κ1) is 19.5. The van der Waals surface area contributed by atoms with Crippen LogP contribution in [-0.4, -0.2) is 38.6 Å². The molecule has 2 aliphatic carbocycles. The van der Waals surface area contributed by atoms with E-state index in [1.165, 1.54) is 55.5 Å². The monoisotopic (exact) mass is 403 g/mol. The molecule has 2 aromatic carbocycles. The normalized spacial score (nSPS) is 20.1. The molecule has 1 aliphatic heterocycles. The van der Waals surface area contributed by atoms with Gasteiger partial charge in [0.05, 0.1) is 17.9 Å². The Morgan fingerprint density at radius 3 is 2.23 bits per heavy atom. The molecule has 1 amide bonds. The highest BCUT2D eigenvalue weighted by Gasteiger charge is 2.36. The molecule has 0 spiro atoms. The molecule has 0 unspecified atom stereocenters. The zero-order valence-electron chi connectivity index (χ0n) is 17.9. The number of para-hydroxylation sites is 2. The van der Waals surface area contributed by atoms with E-state index in [1.54, 1.807) is 0 Å². The molecule has 4 heteroatoms. The second-order valence-corrected chi connectivity index (χ2v) is 9.43. The maximum absolute atomic E-state index is 13.0. The van der Waals surface area contributed by atoms with E-state index in [-0.39, 0.29) is 11.3 Å². The molecule has 158 valence electrons. The number of carbonyl (C=O) groups is 1. The summed E-state index contributed by atoms with van der Waals surface area (Å²) in [6.07, 6.45) is 7.57. The molecule has 0 saturated heterocycles. The van der Waals surface area contributed by atoms with Crippen LogP contribution < -0.4 is 15.1 Å². The fourth-order valence-corrected chi connectivity index (χ4v) is 5.36. The highest BCUT2D eigenvalue weighted by Crippen LogP contribution is 2.41. The molecule has 0 aromatic heterocycles. The molecule has 5 rings (SSSR count). The summed E-state index contributed by atoms with van der Waals surface area (Å²) < 4.78 is 0. The van der Waals surface area contributed by atoms with Gasteiger partial charge in [-0.3, -0.25) is 4.79 Å². The van der Waals surface area contributed by atoms with Gasteiger partial charge in [-0.2, -0.15) is 0 Å². The van der Waals surface area contributed by atoms with E-state index in [1.807, 2.05) is 0 Å². The van der Waals surface area contributed by atoms with Crippen molar-refractivity contribution < 1.29 is 4.79 Å². The fourth-order valence-electron chi connectivity index (χ4n) is 5.36. The van der Waals surface area contributed by atoms with Crippen molar-refractivity contribution in [3.05, 3.63) is 60.2 Å². The van der Waals surface area contributed by atoms with Gasteiger partial charge in [0.25, 0.3) is 0 Å². The summed E-state index contributed by atoms with van der Waals surface area (Å²) in [4.78, 5) is 17.7. The van der Waals surface area contributed by atoms with Crippen LogP contribution in [0.4, 0.5) is 11.4 Å². The van der Waals surface area contributed by atoms with Crippen LogP contribution in [0.3, 0.4) is 0 Å². The van der Waals surface area contributed by atoms with E-state index in [0.717, 1.165) is 32.1 Å². The molecular weight excluding hydrogens is 370 g/mol. The van der Waals surface area contributed by atoms with Crippen LogP contribution >= 0.6 is 0 Å². The zero-order valence-corrected chi connectivity index (χ0v) is 17.9. The third-order valence-corrected chi connectivity index (χ3v) is 7.28. The first-order valence-electron chi connectivity index (χ1n) is 11.6. The van der Waals surface area contributed by atoms with E-state index >= 15 is 0 Å². The van der Waals surface area contributed by atoms with Crippen molar-refractivity contribution in [3.63, 3.8) is 0 Å². The van der Waals surface area contributed by atoms with Gasteiger partial charge in [0, 0.05) is 31.6 Å². The lowest BCUT2D eigenvalue weighted by atomic mass is 9.79. The molecule has 0 radical (unpaired) electrons. The van der Waals surface area contributed by atoms with Gasteiger partial charge in [-0.05, 0) is 49.3 Å². The van der Waals surface area contributed by atoms with E-state index < -0.39 is 0 Å². The van der Waals surface area contributed by atoms with Crippen molar-refractivity contribution in [1.29, 1.82) is 0 Å². The number of benzene rings is 2. The first-order valence-corrected chi connectivity index (χ1v) is 11.6. The van der Waals surface area contributed by atoms with Gasteiger partial charge in [-0.1, -0.05) is 55.3 Å². The number of fused-ring (bicyclic) bond motifs is 1. The minimum Gasteiger partial charge on any atom is -0.368 e. The van der Waals surface area contributed by atoms with Crippen LogP contribution in [0, 0.1) is 5.92 Å². The molecular formula is C26H33N3O. The number of rotatable bonds is 7. The molecule has 2 aromatic rings. The minimum atomic E-state index is 0.109. The number of anilines is 2. The van der Waals surface area contributed by atoms with E-state index in [0.29, 0.717) is 6.54 Å².